The van der Waals surface area contributed by atoms with Crippen molar-refractivity contribution in [2.45, 2.75) is 31.9 Å². The quantitative estimate of drug-likeness (QED) is 0.386. The molecule has 0 aliphatic carbocycles. The number of nitrogens with one attached hydrogen (secondary N) is 1. The van der Waals surface area contributed by atoms with Gasteiger partial charge in [0, 0.05) is 18.7 Å². The number of anilines is 1. The zero-order valence-electron chi connectivity index (χ0n) is 21.1. The number of aryl methyl sites for hydroxylation is 1. The highest BCUT2D eigenvalue weighted by molar-refractivity contribution is 8.15. The van der Waals surface area contributed by atoms with E-state index in [1.165, 1.54) is 23.9 Å². The molecule has 0 saturated carbocycles. The molecular formula is C29H28FN3O4S. The van der Waals surface area contributed by atoms with E-state index >= 15 is 0 Å². The van der Waals surface area contributed by atoms with Crippen LogP contribution in [0, 0.1) is 12.7 Å². The van der Waals surface area contributed by atoms with Crippen molar-refractivity contribution < 1.29 is 23.5 Å². The van der Waals surface area contributed by atoms with Crippen LogP contribution in [0.5, 0.6) is 0 Å². The first-order valence-corrected chi connectivity index (χ1v) is 13.1. The SMILES string of the molecule is CCOC(=O)c1ccc(N=C2S[C@H](C(=O)Nc3cccc(C)c3)CC(=O)N2CCc2ccc(F)cc2)cc1. The number of rotatable bonds is 8. The van der Waals surface area contributed by atoms with Crippen molar-refractivity contribution in [2.24, 2.45) is 4.99 Å². The molecule has 1 N–H and O–H groups in total. The summed E-state index contributed by atoms with van der Waals surface area (Å²) in [4.78, 5) is 44.5. The molecule has 3 aromatic rings. The molecule has 38 heavy (non-hydrogen) atoms. The van der Waals surface area contributed by atoms with Crippen LogP contribution >= 0.6 is 11.8 Å². The van der Waals surface area contributed by atoms with E-state index < -0.39 is 11.2 Å². The molecule has 1 saturated heterocycles. The largest absolute Gasteiger partial charge is 0.462 e. The van der Waals surface area contributed by atoms with Crippen LogP contribution in [0.25, 0.3) is 0 Å². The van der Waals surface area contributed by atoms with Gasteiger partial charge in [-0.3, -0.25) is 14.5 Å². The fraction of sp³-hybridized carbons (Fsp3) is 0.241. The number of amides is 2. The van der Waals surface area contributed by atoms with E-state index in [1.54, 1.807) is 54.3 Å². The number of ether oxygens (including phenoxy) is 1. The Morgan fingerprint density at radius 3 is 2.53 bits per heavy atom. The van der Waals surface area contributed by atoms with Gasteiger partial charge in [-0.25, -0.2) is 14.2 Å². The van der Waals surface area contributed by atoms with Gasteiger partial charge in [0.2, 0.25) is 11.8 Å². The minimum absolute atomic E-state index is 0.0204. The first kappa shape index (κ1) is 27.1. The second-order valence-electron chi connectivity index (χ2n) is 8.75. The number of carbonyl (C=O) groups excluding carboxylic acids is 3. The van der Waals surface area contributed by atoms with Crippen LogP contribution in [0.3, 0.4) is 0 Å². The third-order valence-corrected chi connectivity index (χ3v) is 7.05. The summed E-state index contributed by atoms with van der Waals surface area (Å²) in [5.41, 5.74) is 3.47. The molecule has 0 aromatic heterocycles. The van der Waals surface area contributed by atoms with Crippen LogP contribution in [-0.4, -0.2) is 46.3 Å². The van der Waals surface area contributed by atoms with E-state index in [4.69, 9.17) is 4.74 Å². The maximum Gasteiger partial charge on any atom is 0.338 e. The lowest BCUT2D eigenvalue weighted by Crippen LogP contribution is -2.46. The lowest BCUT2D eigenvalue weighted by Gasteiger charge is -2.32. The summed E-state index contributed by atoms with van der Waals surface area (Å²) in [5, 5.41) is 2.62. The standard InChI is InChI=1S/C29H28FN3O4S/c1-3-37-28(36)21-9-13-23(14-10-21)32-29-33(16-15-20-7-11-22(30)12-8-20)26(34)18-25(38-29)27(35)31-24-6-4-5-19(2)17-24/h4-14,17,25H,3,15-16,18H2,1-2H3,(H,31,35)/t25-/m0/s1. The van der Waals surface area contributed by atoms with Crippen molar-refractivity contribution in [1.82, 2.24) is 4.90 Å². The number of aliphatic imine (C=N–C) groups is 1. The lowest BCUT2D eigenvalue weighted by atomic mass is 10.1. The fourth-order valence-electron chi connectivity index (χ4n) is 3.90. The monoisotopic (exact) mass is 533 g/mol. The molecule has 1 heterocycles. The predicted molar refractivity (Wildman–Crippen MR) is 147 cm³/mol. The van der Waals surface area contributed by atoms with Gasteiger partial charge in [0.25, 0.3) is 0 Å². The van der Waals surface area contributed by atoms with Gasteiger partial charge >= 0.3 is 5.97 Å². The molecule has 1 fully saturated rings. The molecule has 0 unspecified atom stereocenters. The van der Waals surface area contributed by atoms with E-state index in [-0.39, 0.29) is 30.7 Å². The van der Waals surface area contributed by atoms with E-state index in [0.717, 1.165) is 11.1 Å². The molecule has 1 atom stereocenters. The van der Waals surface area contributed by atoms with Crippen molar-refractivity contribution in [3.8, 4) is 0 Å². The Balaban J connectivity index is 1.56. The van der Waals surface area contributed by atoms with E-state index in [9.17, 15) is 18.8 Å². The first-order chi connectivity index (χ1) is 18.3. The molecule has 0 spiro atoms. The maximum atomic E-state index is 13.3. The summed E-state index contributed by atoms with van der Waals surface area (Å²) in [6, 6.07) is 20.1. The highest BCUT2D eigenvalue weighted by atomic mass is 32.2. The van der Waals surface area contributed by atoms with E-state index in [1.807, 2.05) is 25.1 Å². The van der Waals surface area contributed by atoms with Gasteiger partial charge < -0.3 is 10.1 Å². The molecule has 0 bridgehead atoms. The molecule has 3 aromatic carbocycles. The molecule has 196 valence electrons. The van der Waals surface area contributed by atoms with Gasteiger partial charge in [-0.1, -0.05) is 36.0 Å². The van der Waals surface area contributed by atoms with Crippen LogP contribution < -0.4 is 5.32 Å². The number of hydrogen-bond donors (Lipinski definition) is 1. The van der Waals surface area contributed by atoms with Crippen LogP contribution in [0.4, 0.5) is 15.8 Å². The van der Waals surface area contributed by atoms with Crippen LogP contribution in [0.1, 0.15) is 34.8 Å². The highest BCUT2D eigenvalue weighted by Gasteiger charge is 2.35. The summed E-state index contributed by atoms with van der Waals surface area (Å²) in [7, 11) is 0. The second kappa shape index (κ2) is 12.5. The Morgan fingerprint density at radius 2 is 1.84 bits per heavy atom. The second-order valence-corrected chi connectivity index (χ2v) is 9.92. The van der Waals surface area contributed by atoms with Crippen molar-refractivity contribution in [3.05, 3.63) is 95.3 Å². The number of benzene rings is 3. The van der Waals surface area contributed by atoms with Crippen molar-refractivity contribution in [2.75, 3.05) is 18.5 Å². The number of amidine groups is 1. The number of carbonyl (C=O) groups is 3. The zero-order valence-corrected chi connectivity index (χ0v) is 22.0. The number of hydrogen-bond acceptors (Lipinski definition) is 6. The van der Waals surface area contributed by atoms with Gasteiger partial charge in [0.1, 0.15) is 11.1 Å². The van der Waals surface area contributed by atoms with Crippen molar-refractivity contribution >= 4 is 46.1 Å². The maximum absolute atomic E-state index is 13.3. The Hall–Kier alpha value is -3.98. The Labute approximate surface area is 225 Å². The van der Waals surface area contributed by atoms with Gasteiger partial charge in [0.15, 0.2) is 5.17 Å². The molecule has 4 rings (SSSR count). The molecule has 0 radical (unpaired) electrons. The number of esters is 1. The van der Waals surface area contributed by atoms with Gasteiger partial charge in [-0.15, -0.1) is 0 Å². The average Bonchev–Trinajstić information content (AvgIpc) is 2.89. The van der Waals surface area contributed by atoms with Crippen molar-refractivity contribution in [3.63, 3.8) is 0 Å². The molecule has 1 aliphatic rings. The number of nitrogens with zero attached hydrogens (tertiary/aromatic N) is 2. The van der Waals surface area contributed by atoms with Crippen LogP contribution in [0.15, 0.2) is 77.8 Å². The topological polar surface area (TPSA) is 88.1 Å². The van der Waals surface area contributed by atoms with Gasteiger partial charge in [-0.2, -0.15) is 0 Å². The Morgan fingerprint density at radius 1 is 1.11 bits per heavy atom. The van der Waals surface area contributed by atoms with Gasteiger partial charge in [0.05, 0.1) is 17.9 Å². The number of thioether (sulfide) groups is 1. The number of halogens is 1. The molecule has 1 aliphatic heterocycles. The lowest BCUT2D eigenvalue weighted by molar-refractivity contribution is -0.129. The Bertz CT molecular complexity index is 1340. The molecule has 7 nitrogen and oxygen atoms in total. The summed E-state index contributed by atoms with van der Waals surface area (Å²) >= 11 is 1.22. The van der Waals surface area contributed by atoms with Crippen LogP contribution in [-0.2, 0) is 20.7 Å². The highest BCUT2D eigenvalue weighted by Crippen LogP contribution is 2.30. The van der Waals surface area contributed by atoms with E-state index in [0.29, 0.717) is 35.1 Å². The normalized spacial score (nSPS) is 16.4. The summed E-state index contributed by atoms with van der Waals surface area (Å²) < 4.78 is 18.3. The smallest absolute Gasteiger partial charge is 0.338 e. The van der Waals surface area contributed by atoms with E-state index in [2.05, 4.69) is 10.3 Å². The Kier molecular flexibility index (Phi) is 8.91. The summed E-state index contributed by atoms with van der Waals surface area (Å²) in [5.74, 6) is -1.26. The minimum Gasteiger partial charge on any atom is -0.462 e. The third kappa shape index (κ3) is 7.07. The predicted octanol–water partition coefficient (Wildman–Crippen LogP) is 5.51. The molecular weight excluding hydrogens is 505 g/mol. The summed E-state index contributed by atoms with van der Waals surface area (Å²) in [6.07, 6.45) is 0.514. The minimum atomic E-state index is -0.664. The third-order valence-electron chi connectivity index (χ3n) is 5.86. The fourth-order valence-corrected chi connectivity index (χ4v) is 5.02. The van der Waals surface area contributed by atoms with Gasteiger partial charge in [-0.05, 0) is 79.9 Å². The first-order valence-electron chi connectivity index (χ1n) is 12.3. The van der Waals surface area contributed by atoms with Crippen LogP contribution in [0.2, 0.25) is 0 Å². The molecule has 2 amide bonds. The summed E-state index contributed by atoms with van der Waals surface area (Å²) in [6.45, 7) is 4.27. The van der Waals surface area contributed by atoms with Crippen molar-refractivity contribution in [1.29, 1.82) is 0 Å². The zero-order chi connectivity index (χ0) is 27.1. The molecule has 9 heteroatoms. The average molecular weight is 534 g/mol.